The molecule has 1 N–H and O–H groups in total. The number of ether oxygens (including phenoxy) is 1. The molecule has 4 nitrogen and oxygen atoms in total. The molecule has 2 aromatic rings. The lowest BCUT2D eigenvalue weighted by molar-refractivity contribution is 0.393. The van der Waals surface area contributed by atoms with Crippen LogP contribution in [0.25, 0.3) is 0 Å². The summed E-state index contributed by atoms with van der Waals surface area (Å²) >= 11 is 7.55. The molecule has 0 aliphatic carbocycles. The predicted molar refractivity (Wildman–Crippen MR) is 89.7 cm³/mol. The van der Waals surface area contributed by atoms with Gasteiger partial charge in [-0.3, -0.25) is 0 Å². The highest BCUT2D eigenvalue weighted by Gasteiger charge is 2.14. The molecule has 0 amide bonds. The highest BCUT2D eigenvalue weighted by atomic mass is 35.5. The minimum absolute atomic E-state index is 0.233. The van der Waals surface area contributed by atoms with Gasteiger partial charge in [0.25, 0.3) is 0 Å². The van der Waals surface area contributed by atoms with Gasteiger partial charge in [0.1, 0.15) is 0 Å². The third-order valence-electron chi connectivity index (χ3n) is 3.16. The van der Waals surface area contributed by atoms with E-state index in [2.05, 4.69) is 17.2 Å². The lowest BCUT2D eigenvalue weighted by Gasteiger charge is -2.14. The second kappa shape index (κ2) is 7.11. The Morgan fingerprint density at radius 3 is 2.57 bits per heavy atom. The second-order valence-corrected chi connectivity index (χ2v) is 6.48. The number of methoxy groups -OCH3 is 1. The van der Waals surface area contributed by atoms with Gasteiger partial charge in [0, 0.05) is 31.7 Å². The Bertz CT molecular complexity index is 583. The summed E-state index contributed by atoms with van der Waals surface area (Å²) in [5, 5.41) is 5.19. The monoisotopic (exact) mass is 325 g/mol. The van der Waals surface area contributed by atoms with Crippen molar-refractivity contribution in [3.05, 3.63) is 39.7 Å². The van der Waals surface area contributed by atoms with Crippen LogP contribution >= 0.6 is 22.9 Å². The molecule has 2 rings (SSSR count). The number of thiazole rings is 1. The van der Waals surface area contributed by atoms with Crippen molar-refractivity contribution in [3.8, 4) is 5.88 Å². The van der Waals surface area contributed by atoms with Gasteiger partial charge in [0.05, 0.1) is 12.0 Å². The quantitative estimate of drug-likeness (QED) is 0.878. The van der Waals surface area contributed by atoms with E-state index in [0.717, 1.165) is 21.6 Å². The van der Waals surface area contributed by atoms with Crippen LogP contribution in [0.5, 0.6) is 5.88 Å². The van der Waals surface area contributed by atoms with Gasteiger partial charge in [-0.25, -0.2) is 0 Å². The Hall–Kier alpha value is -1.30. The van der Waals surface area contributed by atoms with Gasteiger partial charge >= 0.3 is 0 Å². The molecule has 1 aromatic carbocycles. The van der Waals surface area contributed by atoms with Crippen molar-refractivity contribution >= 4 is 28.1 Å². The number of aromatic nitrogens is 1. The van der Waals surface area contributed by atoms with Crippen LogP contribution in [-0.2, 0) is 6.54 Å². The molecular weight excluding hydrogens is 306 g/mol. The van der Waals surface area contributed by atoms with Gasteiger partial charge in [0.15, 0.2) is 5.13 Å². The normalized spacial score (nSPS) is 12.2. The number of benzene rings is 1. The molecule has 0 fully saturated rings. The molecule has 0 saturated heterocycles. The first-order valence-electron chi connectivity index (χ1n) is 6.71. The molecule has 6 heteroatoms. The van der Waals surface area contributed by atoms with E-state index in [1.807, 2.05) is 43.3 Å². The van der Waals surface area contributed by atoms with Crippen molar-refractivity contribution in [2.45, 2.75) is 19.5 Å². The Balaban J connectivity index is 2.03. The van der Waals surface area contributed by atoms with Crippen molar-refractivity contribution in [2.75, 3.05) is 26.1 Å². The van der Waals surface area contributed by atoms with Crippen LogP contribution in [0.4, 0.5) is 5.13 Å². The van der Waals surface area contributed by atoms with Crippen LogP contribution in [-0.4, -0.2) is 26.2 Å². The summed E-state index contributed by atoms with van der Waals surface area (Å²) in [4.78, 5) is 7.54. The van der Waals surface area contributed by atoms with Crippen LogP contribution in [0.2, 0.25) is 5.02 Å². The minimum atomic E-state index is 0.233. The van der Waals surface area contributed by atoms with Crippen molar-refractivity contribution < 1.29 is 4.74 Å². The summed E-state index contributed by atoms with van der Waals surface area (Å²) in [5.74, 6) is 0.694. The summed E-state index contributed by atoms with van der Waals surface area (Å²) < 4.78 is 5.35. The first kappa shape index (κ1) is 16.1. The topological polar surface area (TPSA) is 37.4 Å². The second-order valence-electron chi connectivity index (χ2n) is 4.98. The fourth-order valence-electron chi connectivity index (χ4n) is 1.90. The van der Waals surface area contributed by atoms with Gasteiger partial charge in [-0.05, 0) is 24.6 Å². The standard InChI is InChI=1S/C15H20ClN3OS/c1-10(11-5-7-12(16)8-6-11)17-9-13-14(20-4)18-15(21-13)19(2)3/h5-8,10,17H,9H2,1-4H3/t10-/m1/s1. The summed E-state index contributed by atoms with van der Waals surface area (Å²) in [7, 11) is 5.61. The molecule has 0 saturated carbocycles. The van der Waals surface area contributed by atoms with Crippen LogP contribution in [0.15, 0.2) is 24.3 Å². The van der Waals surface area contributed by atoms with Gasteiger partial charge in [-0.2, -0.15) is 4.98 Å². The number of halogens is 1. The number of nitrogens with one attached hydrogen (secondary N) is 1. The molecule has 0 bridgehead atoms. The molecule has 0 aliphatic heterocycles. The summed E-state index contributed by atoms with van der Waals surface area (Å²) in [5.41, 5.74) is 1.20. The smallest absolute Gasteiger partial charge is 0.230 e. The first-order chi connectivity index (χ1) is 10.0. The van der Waals surface area contributed by atoms with Crippen LogP contribution in [0, 0.1) is 0 Å². The zero-order valence-electron chi connectivity index (χ0n) is 12.7. The first-order valence-corrected chi connectivity index (χ1v) is 7.90. The van der Waals surface area contributed by atoms with E-state index in [1.54, 1.807) is 18.4 Å². The molecule has 0 aliphatic rings. The van der Waals surface area contributed by atoms with E-state index in [4.69, 9.17) is 16.3 Å². The van der Waals surface area contributed by atoms with E-state index in [9.17, 15) is 0 Å². The van der Waals surface area contributed by atoms with Crippen LogP contribution < -0.4 is 15.0 Å². The van der Waals surface area contributed by atoms with E-state index in [-0.39, 0.29) is 6.04 Å². The Morgan fingerprint density at radius 2 is 2.00 bits per heavy atom. The number of nitrogens with zero attached hydrogens (tertiary/aromatic N) is 2. The zero-order valence-corrected chi connectivity index (χ0v) is 14.3. The fraction of sp³-hybridized carbons (Fsp3) is 0.400. The van der Waals surface area contributed by atoms with Crippen molar-refractivity contribution in [2.24, 2.45) is 0 Å². The zero-order chi connectivity index (χ0) is 15.4. The third-order valence-corrected chi connectivity index (χ3v) is 4.62. The molecule has 114 valence electrons. The molecular formula is C15H20ClN3OS. The van der Waals surface area contributed by atoms with Gasteiger partial charge < -0.3 is 15.0 Å². The molecule has 0 radical (unpaired) electrons. The van der Waals surface area contributed by atoms with Crippen molar-refractivity contribution in [1.82, 2.24) is 10.3 Å². The molecule has 1 aromatic heterocycles. The Morgan fingerprint density at radius 1 is 1.33 bits per heavy atom. The Kier molecular flexibility index (Phi) is 5.45. The highest BCUT2D eigenvalue weighted by Crippen LogP contribution is 2.30. The summed E-state index contributed by atoms with van der Waals surface area (Å²) in [6.45, 7) is 2.85. The van der Waals surface area contributed by atoms with Gasteiger partial charge in [0.2, 0.25) is 5.88 Å². The predicted octanol–water partition coefficient (Wildman–Crippen LogP) is 3.72. The number of hydrogen-bond acceptors (Lipinski definition) is 5. The number of rotatable bonds is 6. The number of anilines is 1. The molecule has 1 heterocycles. The lowest BCUT2D eigenvalue weighted by atomic mass is 10.1. The van der Waals surface area contributed by atoms with Crippen molar-refractivity contribution in [3.63, 3.8) is 0 Å². The van der Waals surface area contributed by atoms with Gasteiger partial charge in [-0.15, -0.1) is 0 Å². The van der Waals surface area contributed by atoms with Gasteiger partial charge in [-0.1, -0.05) is 35.1 Å². The minimum Gasteiger partial charge on any atom is -0.480 e. The van der Waals surface area contributed by atoms with E-state index in [0.29, 0.717) is 5.88 Å². The number of hydrogen-bond donors (Lipinski definition) is 1. The maximum Gasteiger partial charge on any atom is 0.230 e. The molecule has 0 spiro atoms. The molecule has 21 heavy (non-hydrogen) atoms. The third kappa shape index (κ3) is 4.09. The SMILES string of the molecule is COc1nc(N(C)C)sc1CN[C@H](C)c1ccc(Cl)cc1. The van der Waals surface area contributed by atoms with E-state index >= 15 is 0 Å². The average Bonchev–Trinajstić information content (AvgIpc) is 2.89. The van der Waals surface area contributed by atoms with E-state index in [1.165, 1.54) is 5.56 Å². The largest absolute Gasteiger partial charge is 0.480 e. The molecule has 0 unspecified atom stereocenters. The molecule has 1 atom stereocenters. The fourth-order valence-corrected chi connectivity index (χ4v) is 2.93. The highest BCUT2D eigenvalue weighted by molar-refractivity contribution is 7.15. The summed E-state index contributed by atoms with van der Waals surface area (Å²) in [6.07, 6.45) is 0. The maximum absolute atomic E-state index is 5.91. The Labute approximate surface area is 134 Å². The maximum atomic E-state index is 5.91. The summed E-state index contributed by atoms with van der Waals surface area (Å²) in [6, 6.07) is 8.13. The average molecular weight is 326 g/mol. The van der Waals surface area contributed by atoms with Crippen LogP contribution in [0.3, 0.4) is 0 Å². The van der Waals surface area contributed by atoms with Crippen LogP contribution in [0.1, 0.15) is 23.4 Å². The lowest BCUT2D eigenvalue weighted by Crippen LogP contribution is -2.17. The van der Waals surface area contributed by atoms with Crippen molar-refractivity contribution in [1.29, 1.82) is 0 Å². The van der Waals surface area contributed by atoms with E-state index < -0.39 is 0 Å².